The van der Waals surface area contributed by atoms with E-state index in [9.17, 15) is 4.79 Å². The van der Waals surface area contributed by atoms with Crippen molar-refractivity contribution in [1.82, 2.24) is 14.8 Å². The summed E-state index contributed by atoms with van der Waals surface area (Å²) in [6.07, 6.45) is 4.72. The number of hydrogen-bond donors (Lipinski definition) is 1. The molecule has 1 amide bonds. The van der Waals surface area contributed by atoms with Crippen LogP contribution >= 0.6 is 23.1 Å². The maximum atomic E-state index is 12.7. The Kier molecular flexibility index (Phi) is 5.28. The summed E-state index contributed by atoms with van der Waals surface area (Å²) in [7, 11) is 0. The molecule has 0 bridgehead atoms. The predicted octanol–water partition coefficient (Wildman–Crippen LogP) is 4.67. The fraction of sp³-hybridized carbons (Fsp3) is 0.381. The number of thioether (sulfide) groups is 1. The van der Waals surface area contributed by atoms with Gasteiger partial charge in [-0.05, 0) is 49.3 Å². The molecule has 2 fully saturated rings. The largest absolute Gasteiger partial charge is 0.370 e. The third-order valence-corrected chi connectivity index (χ3v) is 7.08. The second-order valence-electron chi connectivity index (χ2n) is 7.43. The number of nitrogens with one attached hydrogen (secondary N) is 1. The summed E-state index contributed by atoms with van der Waals surface area (Å²) in [4.78, 5) is 16.2. The Morgan fingerprint density at radius 2 is 1.97 bits per heavy atom. The van der Waals surface area contributed by atoms with Gasteiger partial charge in [-0.3, -0.25) is 9.36 Å². The van der Waals surface area contributed by atoms with Crippen LogP contribution in [0, 0.1) is 0 Å². The van der Waals surface area contributed by atoms with Crippen LogP contribution in [0.5, 0.6) is 0 Å². The number of rotatable bonds is 7. The molecule has 1 saturated heterocycles. The van der Waals surface area contributed by atoms with E-state index in [0.717, 1.165) is 53.2 Å². The van der Waals surface area contributed by atoms with Crippen LogP contribution in [-0.4, -0.2) is 39.5 Å². The van der Waals surface area contributed by atoms with E-state index < -0.39 is 0 Å². The van der Waals surface area contributed by atoms with Gasteiger partial charge in [-0.15, -0.1) is 21.5 Å². The zero-order valence-electron chi connectivity index (χ0n) is 16.1. The highest BCUT2D eigenvalue weighted by atomic mass is 32.2. The van der Waals surface area contributed by atoms with E-state index >= 15 is 0 Å². The van der Waals surface area contributed by atoms with Crippen molar-refractivity contribution in [2.75, 3.05) is 29.1 Å². The molecule has 0 atom stereocenters. The fourth-order valence-electron chi connectivity index (χ4n) is 3.74. The second-order valence-corrected chi connectivity index (χ2v) is 9.32. The van der Waals surface area contributed by atoms with Crippen LogP contribution in [0.15, 0.2) is 46.9 Å². The van der Waals surface area contributed by atoms with Crippen LogP contribution in [0.25, 0.3) is 10.7 Å². The number of hydrogen-bond acceptors (Lipinski definition) is 6. The Bertz CT molecular complexity index is 990. The molecule has 1 aliphatic heterocycles. The lowest BCUT2D eigenvalue weighted by Gasteiger charge is -2.21. The minimum absolute atomic E-state index is 0.00957. The third kappa shape index (κ3) is 4.04. The molecule has 3 heterocycles. The molecular formula is C21H23N5OS2. The van der Waals surface area contributed by atoms with Crippen molar-refractivity contribution in [2.45, 2.75) is 36.9 Å². The molecule has 3 aromatic rings. The molecule has 1 saturated carbocycles. The molecule has 2 aliphatic rings. The number of benzene rings is 1. The maximum Gasteiger partial charge on any atom is 0.234 e. The minimum Gasteiger partial charge on any atom is -0.370 e. The van der Waals surface area contributed by atoms with Crippen molar-refractivity contribution in [3.63, 3.8) is 0 Å². The highest BCUT2D eigenvalue weighted by Gasteiger charge is 2.30. The molecule has 1 aromatic carbocycles. The number of carbonyl (C=O) groups is 1. The zero-order valence-corrected chi connectivity index (χ0v) is 17.7. The number of thiophene rings is 1. The van der Waals surface area contributed by atoms with Gasteiger partial charge in [0.1, 0.15) is 0 Å². The molecule has 8 heteroatoms. The summed E-state index contributed by atoms with van der Waals surface area (Å²) >= 11 is 3.14. The van der Waals surface area contributed by atoms with E-state index in [4.69, 9.17) is 0 Å². The van der Waals surface area contributed by atoms with Crippen LogP contribution in [0.1, 0.15) is 31.7 Å². The van der Waals surface area contributed by atoms with Gasteiger partial charge in [-0.25, -0.2) is 0 Å². The van der Waals surface area contributed by atoms with Crippen molar-refractivity contribution in [3.05, 3.63) is 41.8 Å². The van der Waals surface area contributed by atoms with E-state index in [1.165, 1.54) is 24.6 Å². The van der Waals surface area contributed by atoms with Gasteiger partial charge in [0.15, 0.2) is 11.0 Å². The maximum absolute atomic E-state index is 12.7. The molecule has 29 heavy (non-hydrogen) atoms. The molecule has 5 rings (SSSR count). The summed E-state index contributed by atoms with van der Waals surface area (Å²) in [6.45, 7) is 2.11. The summed E-state index contributed by atoms with van der Waals surface area (Å²) in [5, 5.41) is 14.8. The quantitative estimate of drug-likeness (QED) is 0.557. The van der Waals surface area contributed by atoms with Crippen molar-refractivity contribution >= 4 is 40.4 Å². The number of amides is 1. The number of carbonyl (C=O) groups excluding carboxylic acids is 1. The monoisotopic (exact) mass is 425 g/mol. The molecule has 0 spiro atoms. The van der Waals surface area contributed by atoms with Crippen LogP contribution in [0.3, 0.4) is 0 Å². The average Bonchev–Trinajstić information content (AvgIpc) is 3.18. The number of nitrogens with zero attached hydrogens (tertiary/aromatic N) is 4. The first-order valence-corrected chi connectivity index (χ1v) is 11.9. The van der Waals surface area contributed by atoms with Gasteiger partial charge in [0.25, 0.3) is 0 Å². The van der Waals surface area contributed by atoms with Gasteiger partial charge >= 0.3 is 0 Å². The van der Waals surface area contributed by atoms with Crippen molar-refractivity contribution in [3.8, 4) is 10.7 Å². The van der Waals surface area contributed by atoms with E-state index in [2.05, 4.69) is 42.5 Å². The van der Waals surface area contributed by atoms with Gasteiger partial charge in [-0.1, -0.05) is 30.0 Å². The number of anilines is 2. The molecular weight excluding hydrogens is 402 g/mol. The van der Waals surface area contributed by atoms with Crippen LogP contribution in [0.2, 0.25) is 0 Å². The Hall–Kier alpha value is -2.32. The predicted molar refractivity (Wildman–Crippen MR) is 119 cm³/mol. The third-order valence-electron chi connectivity index (χ3n) is 5.28. The van der Waals surface area contributed by atoms with E-state index in [-0.39, 0.29) is 5.91 Å². The molecule has 1 aliphatic carbocycles. The lowest BCUT2D eigenvalue weighted by Crippen LogP contribution is -2.21. The molecule has 0 radical (unpaired) electrons. The van der Waals surface area contributed by atoms with Crippen molar-refractivity contribution in [1.29, 1.82) is 0 Å². The van der Waals surface area contributed by atoms with E-state index in [0.29, 0.717) is 11.8 Å². The Morgan fingerprint density at radius 1 is 1.14 bits per heavy atom. The lowest BCUT2D eigenvalue weighted by atomic mass is 10.2. The standard InChI is InChI=1S/C21H23N5OS2/c27-19(22-16-6-1-2-7-17(16)25-11-3-4-12-25)14-29-21-24-23-20(18-8-5-13-28-18)26(21)15-9-10-15/h1-2,5-8,13,15H,3-4,9-12,14H2,(H,22,27). The molecule has 2 aromatic heterocycles. The van der Waals surface area contributed by atoms with Crippen molar-refractivity contribution < 1.29 is 4.79 Å². The van der Waals surface area contributed by atoms with E-state index in [1.54, 1.807) is 11.3 Å². The summed E-state index contributed by atoms with van der Waals surface area (Å²) < 4.78 is 2.21. The highest BCUT2D eigenvalue weighted by Crippen LogP contribution is 2.41. The first-order valence-electron chi connectivity index (χ1n) is 10.0. The van der Waals surface area contributed by atoms with Gasteiger partial charge in [-0.2, -0.15) is 0 Å². The van der Waals surface area contributed by atoms with E-state index in [1.807, 2.05) is 24.3 Å². The smallest absolute Gasteiger partial charge is 0.234 e. The first kappa shape index (κ1) is 18.7. The highest BCUT2D eigenvalue weighted by molar-refractivity contribution is 7.99. The van der Waals surface area contributed by atoms with Crippen LogP contribution < -0.4 is 10.2 Å². The molecule has 0 unspecified atom stereocenters. The van der Waals surface area contributed by atoms with Gasteiger partial charge in [0, 0.05) is 19.1 Å². The van der Waals surface area contributed by atoms with Crippen LogP contribution in [0.4, 0.5) is 11.4 Å². The SMILES string of the molecule is O=C(CSc1nnc(-c2cccs2)n1C1CC1)Nc1ccccc1N1CCCC1. The Morgan fingerprint density at radius 3 is 2.72 bits per heavy atom. The van der Waals surface area contributed by atoms with Crippen molar-refractivity contribution in [2.24, 2.45) is 0 Å². The molecule has 150 valence electrons. The minimum atomic E-state index is -0.00957. The topological polar surface area (TPSA) is 63.1 Å². The van der Waals surface area contributed by atoms with Gasteiger partial charge < -0.3 is 10.2 Å². The first-order chi connectivity index (χ1) is 14.3. The number of aromatic nitrogens is 3. The normalized spacial score (nSPS) is 16.3. The Labute approximate surface area is 178 Å². The summed E-state index contributed by atoms with van der Waals surface area (Å²) in [5.74, 6) is 1.23. The fourth-order valence-corrected chi connectivity index (χ4v) is 5.25. The van der Waals surface area contributed by atoms with Gasteiger partial charge in [0.05, 0.1) is 22.0 Å². The number of para-hydroxylation sites is 2. The molecule has 1 N–H and O–H groups in total. The van der Waals surface area contributed by atoms with Crippen LogP contribution in [-0.2, 0) is 4.79 Å². The molecule has 6 nitrogen and oxygen atoms in total. The zero-order chi connectivity index (χ0) is 19.6. The Balaban J connectivity index is 1.28. The van der Waals surface area contributed by atoms with Gasteiger partial charge in [0.2, 0.25) is 5.91 Å². The second kappa shape index (κ2) is 8.20. The summed E-state index contributed by atoms with van der Waals surface area (Å²) in [6, 6.07) is 12.6. The lowest BCUT2D eigenvalue weighted by molar-refractivity contribution is -0.113. The summed E-state index contributed by atoms with van der Waals surface area (Å²) in [5.41, 5.74) is 2.01. The average molecular weight is 426 g/mol.